The minimum absolute atomic E-state index is 0.187. The summed E-state index contributed by atoms with van der Waals surface area (Å²) in [6, 6.07) is 8.68. The molecule has 2 saturated heterocycles. The van der Waals surface area contributed by atoms with Crippen LogP contribution in [-0.4, -0.2) is 29.0 Å². The minimum Gasteiger partial charge on any atom is -0.375 e. The summed E-state index contributed by atoms with van der Waals surface area (Å²) in [5.41, 5.74) is 7.15. The fraction of sp³-hybridized carbons (Fsp3) is 0.625. The molecular weight excluding hydrogens is 286 g/mol. The van der Waals surface area contributed by atoms with Crippen LogP contribution < -0.4 is 5.73 Å². The number of benzene rings is 1. The van der Waals surface area contributed by atoms with Crippen molar-refractivity contribution in [1.29, 1.82) is 0 Å². The maximum absolute atomic E-state index is 6.17. The smallest absolute Gasteiger partial charge is 0.0709 e. The summed E-state index contributed by atoms with van der Waals surface area (Å²) in [6.07, 6.45) is 4.85. The molecule has 2 N–H and O–H groups in total. The van der Waals surface area contributed by atoms with Gasteiger partial charge >= 0.3 is 0 Å². The molecule has 2 fully saturated rings. The van der Waals surface area contributed by atoms with Crippen molar-refractivity contribution in [2.24, 2.45) is 5.73 Å². The highest BCUT2D eigenvalue weighted by molar-refractivity contribution is 8.00. The Kier molecular flexibility index (Phi) is 4.97. The van der Waals surface area contributed by atoms with Gasteiger partial charge in [-0.05, 0) is 54.9 Å². The molecule has 2 aliphatic heterocycles. The highest BCUT2D eigenvalue weighted by Gasteiger charge is 2.38. The van der Waals surface area contributed by atoms with Crippen LogP contribution in [0.1, 0.15) is 31.2 Å². The van der Waals surface area contributed by atoms with Gasteiger partial charge in [0.2, 0.25) is 0 Å². The third-order valence-electron chi connectivity index (χ3n) is 4.29. The summed E-state index contributed by atoms with van der Waals surface area (Å²) in [5, 5.41) is 0.694. The molecule has 2 nitrogen and oxygen atoms in total. The second-order valence-corrected chi connectivity index (χ2v) is 8.33. The lowest BCUT2D eigenvalue weighted by molar-refractivity contribution is -0.0804. The topological polar surface area (TPSA) is 35.2 Å². The Morgan fingerprint density at radius 1 is 1.35 bits per heavy atom. The second-order valence-electron chi connectivity index (χ2n) is 5.73. The Bertz CT molecular complexity index is 440. The minimum atomic E-state index is 0.187. The first-order valence-corrected chi connectivity index (χ1v) is 9.50. The van der Waals surface area contributed by atoms with Gasteiger partial charge in [0.15, 0.2) is 0 Å². The average Bonchev–Trinajstić information content (AvgIpc) is 2.48. The predicted octanol–water partition coefficient (Wildman–Crippen LogP) is 3.68. The number of hydrogen-bond donors (Lipinski definition) is 1. The highest BCUT2D eigenvalue weighted by atomic mass is 32.2. The predicted molar refractivity (Wildman–Crippen MR) is 88.5 cm³/mol. The lowest BCUT2D eigenvalue weighted by atomic mass is 9.88. The molecule has 4 heteroatoms. The number of hydrogen-bond acceptors (Lipinski definition) is 4. The molecule has 0 bridgehead atoms. The van der Waals surface area contributed by atoms with E-state index in [0.717, 1.165) is 6.61 Å². The van der Waals surface area contributed by atoms with Crippen molar-refractivity contribution in [3.63, 3.8) is 0 Å². The molecule has 0 saturated carbocycles. The first-order chi connectivity index (χ1) is 9.80. The first-order valence-electron chi connectivity index (χ1n) is 7.47. The summed E-state index contributed by atoms with van der Waals surface area (Å²) in [7, 11) is 0. The van der Waals surface area contributed by atoms with E-state index in [-0.39, 0.29) is 5.60 Å². The van der Waals surface area contributed by atoms with Gasteiger partial charge in [0.25, 0.3) is 0 Å². The van der Waals surface area contributed by atoms with E-state index in [4.69, 9.17) is 10.5 Å². The maximum atomic E-state index is 6.17. The molecule has 0 aromatic heterocycles. The van der Waals surface area contributed by atoms with Gasteiger partial charge in [-0.1, -0.05) is 12.1 Å². The van der Waals surface area contributed by atoms with Crippen LogP contribution in [0.4, 0.5) is 0 Å². The lowest BCUT2D eigenvalue weighted by Crippen LogP contribution is -2.43. The van der Waals surface area contributed by atoms with Gasteiger partial charge in [-0.25, -0.2) is 0 Å². The van der Waals surface area contributed by atoms with E-state index in [2.05, 4.69) is 36.0 Å². The molecule has 110 valence electrons. The van der Waals surface area contributed by atoms with Crippen LogP contribution in [-0.2, 0) is 11.3 Å². The summed E-state index contributed by atoms with van der Waals surface area (Å²) in [6.45, 7) is 1.56. The fourth-order valence-corrected chi connectivity index (χ4v) is 5.71. The van der Waals surface area contributed by atoms with Crippen LogP contribution in [0.3, 0.4) is 0 Å². The highest BCUT2D eigenvalue weighted by Crippen LogP contribution is 2.42. The van der Waals surface area contributed by atoms with Crippen molar-refractivity contribution in [2.75, 3.05) is 18.1 Å². The molecule has 0 amide bonds. The van der Waals surface area contributed by atoms with Crippen molar-refractivity contribution in [2.45, 2.75) is 48.0 Å². The van der Waals surface area contributed by atoms with Gasteiger partial charge in [0.1, 0.15) is 0 Å². The van der Waals surface area contributed by atoms with Gasteiger partial charge in [-0.2, -0.15) is 11.8 Å². The molecule has 1 atom stereocenters. The van der Waals surface area contributed by atoms with Crippen molar-refractivity contribution in [3.8, 4) is 0 Å². The summed E-state index contributed by atoms with van der Waals surface area (Å²) < 4.78 is 6.17. The Balaban J connectivity index is 1.64. The molecule has 2 heterocycles. The van der Waals surface area contributed by atoms with Crippen LogP contribution in [0, 0.1) is 0 Å². The van der Waals surface area contributed by atoms with E-state index in [9.17, 15) is 0 Å². The third kappa shape index (κ3) is 3.53. The summed E-state index contributed by atoms with van der Waals surface area (Å²) >= 11 is 4.09. The molecule has 0 radical (unpaired) electrons. The van der Waals surface area contributed by atoms with E-state index in [0.29, 0.717) is 11.8 Å². The van der Waals surface area contributed by atoms with E-state index in [1.165, 1.54) is 47.6 Å². The molecule has 20 heavy (non-hydrogen) atoms. The van der Waals surface area contributed by atoms with Crippen LogP contribution in [0.5, 0.6) is 0 Å². The number of thioether (sulfide) groups is 2. The Hall–Kier alpha value is -0.160. The number of rotatable bonds is 3. The van der Waals surface area contributed by atoms with E-state index < -0.39 is 0 Å². The molecule has 3 rings (SSSR count). The molecule has 2 aliphatic rings. The number of nitrogens with two attached hydrogens (primary N) is 1. The van der Waals surface area contributed by atoms with Crippen molar-refractivity contribution >= 4 is 23.5 Å². The van der Waals surface area contributed by atoms with Gasteiger partial charge < -0.3 is 10.5 Å². The Labute approximate surface area is 130 Å². The van der Waals surface area contributed by atoms with E-state index in [1.807, 2.05) is 11.8 Å². The second kappa shape index (κ2) is 6.73. The van der Waals surface area contributed by atoms with E-state index in [1.54, 1.807) is 0 Å². The standard InChI is InChI=1S/C16H23NOS2/c17-12-13-2-1-3-14(10-13)20-15-4-7-18-16(11-15)5-8-19-9-6-16/h1-3,10,15H,4-9,11-12,17H2. The molecule has 0 aliphatic carbocycles. The summed E-state index contributed by atoms with van der Waals surface area (Å²) in [5.74, 6) is 2.53. The van der Waals surface area contributed by atoms with Crippen LogP contribution in [0.25, 0.3) is 0 Å². The lowest BCUT2D eigenvalue weighted by Gasteiger charge is -2.43. The zero-order valence-corrected chi connectivity index (χ0v) is 13.5. The van der Waals surface area contributed by atoms with Gasteiger partial charge in [0, 0.05) is 23.3 Å². The molecule has 1 aromatic carbocycles. The van der Waals surface area contributed by atoms with Crippen molar-refractivity contribution < 1.29 is 4.74 Å². The van der Waals surface area contributed by atoms with Crippen LogP contribution in [0.2, 0.25) is 0 Å². The van der Waals surface area contributed by atoms with E-state index >= 15 is 0 Å². The van der Waals surface area contributed by atoms with Crippen LogP contribution in [0.15, 0.2) is 29.2 Å². The van der Waals surface area contributed by atoms with Crippen molar-refractivity contribution in [1.82, 2.24) is 0 Å². The quantitative estimate of drug-likeness (QED) is 0.924. The average molecular weight is 310 g/mol. The van der Waals surface area contributed by atoms with Gasteiger partial charge in [0.05, 0.1) is 5.60 Å². The Morgan fingerprint density at radius 2 is 2.20 bits per heavy atom. The van der Waals surface area contributed by atoms with Crippen molar-refractivity contribution in [3.05, 3.63) is 29.8 Å². The van der Waals surface area contributed by atoms with Gasteiger partial charge in [-0.15, -0.1) is 11.8 Å². The SMILES string of the molecule is NCc1cccc(SC2CCOC3(CCSCC3)C2)c1. The third-order valence-corrected chi connectivity index (χ3v) is 6.54. The largest absolute Gasteiger partial charge is 0.375 e. The normalized spacial score (nSPS) is 25.8. The fourth-order valence-electron chi connectivity index (χ4n) is 3.11. The monoisotopic (exact) mass is 309 g/mol. The van der Waals surface area contributed by atoms with Gasteiger partial charge in [-0.3, -0.25) is 0 Å². The molecule has 1 unspecified atom stereocenters. The molecule has 1 spiro atoms. The zero-order chi connectivity index (χ0) is 13.8. The number of ether oxygens (including phenoxy) is 1. The molecule has 1 aromatic rings. The van der Waals surface area contributed by atoms with Crippen LogP contribution >= 0.6 is 23.5 Å². The zero-order valence-electron chi connectivity index (χ0n) is 11.8. The first kappa shape index (κ1) is 14.8. The molecular formula is C16H23NOS2. The maximum Gasteiger partial charge on any atom is 0.0709 e. The Morgan fingerprint density at radius 3 is 3.00 bits per heavy atom. The summed E-state index contributed by atoms with van der Waals surface area (Å²) in [4.78, 5) is 1.36.